The molecular weight excluding hydrogens is 207 g/mol. The summed E-state index contributed by atoms with van der Waals surface area (Å²) >= 11 is 0. The Labute approximate surface area is 93.8 Å². The largest absolute Gasteiger partial charge is 0.366 e. The second-order valence-electron chi connectivity index (χ2n) is 4.12. The highest BCUT2D eigenvalue weighted by Gasteiger charge is 2.20. The summed E-state index contributed by atoms with van der Waals surface area (Å²) < 4.78 is 13.2. The Kier molecular flexibility index (Phi) is 3.19. The van der Waals surface area contributed by atoms with E-state index in [-0.39, 0.29) is 11.7 Å². The van der Waals surface area contributed by atoms with E-state index in [9.17, 15) is 9.18 Å². The molecule has 1 saturated heterocycles. The van der Waals surface area contributed by atoms with Gasteiger partial charge in [-0.2, -0.15) is 0 Å². The van der Waals surface area contributed by atoms with Crippen molar-refractivity contribution in [3.05, 3.63) is 35.1 Å². The number of nitrogens with one attached hydrogen (secondary N) is 1. The highest BCUT2D eigenvalue weighted by molar-refractivity contribution is 5.94. The second kappa shape index (κ2) is 4.61. The van der Waals surface area contributed by atoms with Gasteiger partial charge >= 0.3 is 0 Å². The Balaban J connectivity index is 2.36. The van der Waals surface area contributed by atoms with E-state index < -0.39 is 5.91 Å². The topological polar surface area (TPSA) is 55.1 Å². The molecule has 4 heteroatoms. The third-order valence-corrected chi connectivity index (χ3v) is 3.06. The van der Waals surface area contributed by atoms with Crippen LogP contribution in [0, 0.1) is 5.82 Å². The van der Waals surface area contributed by atoms with E-state index in [0.29, 0.717) is 5.56 Å². The summed E-state index contributed by atoms with van der Waals surface area (Å²) in [6.45, 7) is 1.80. The molecule has 0 spiro atoms. The number of piperidine rings is 1. The van der Waals surface area contributed by atoms with Gasteiger partial charge in [0.2, 0.25) is 5.91 Å². The Bertz CT molecular complexity index is 400. The molecule has 1 aromatic rings. The van der Waals surface area contributed by atoms with E-state index in [1.54, 1.807) is 0 Å². The van der Waals surface area contributed by atoms with Crippen molar-refractivity contribution in [3.8, 4) is 0 Å². The summed E-state index contributed by atoms with van der Waals surface area (Å²) in [6, 6.07) is 4.20. The third-order valence-electron chi connectivity index (χ3n) is 3.06. The van der Waals surface area contributed by atoms with Gasteiger partial charge < -0.3 is 11.1 Å². The van der Waals surface area contributed by atoms with Crippen LogP contribution in [-0.2, 0) is 0 Å². The van der Waals surface area contributed by atoms with E-state index in [1.807, 2.05) is 0 Å². The molecule has 3 N–H and O–H groups in total. The van der Waals surface area contributed by atoms with Crippen LogP contribution >= 0.6 is 0 Å². The summed E-state index contributed by atoms with van der Waals surface area (Å²) in [5.74, 6) is -0.550. The number of amides is 1. The molecule has 1 heterocycles. The average molecular weight is 222 g/mol. The normalized spacial score (nSPS) is 17.3. The molecule has 0 aromatic heterocycles. The zero-order valence-electron chi connectivity index (χ0n) is 9.00. The van der Waals surface area contributed by atoms with Crippen LogP contribution in [0.2, 0.25) is 0 Å². The lowest BCUT2D eigenvalue weighted by Crippen LogP contribution is -2.28. The second-order valence-corrected chi connectivity index (χ2v) is 4.12. The molecule has 0 unspecified atom stereocenters. The van der Waals surface area contributed by atoms with Crippen LogP contribution in [0.3, 0.4) is 0 Å². The smallest absolute Gasteiger partial charge is 0.248 e. The monoisotopic (exact) mass is 222 g/mol. The molecule has 0 radical (unpaired) electrons. The van der Waals surface area contributed by atoms with Gasteiger partial charge in [-0.15, -0.1) is 0 Å². The average Bonchev–Trinajstić information content (AvgIpc) is 2.29. The van der Waals surface area contributed by atoms with Gasteiger partial charge in [0.25, 0.3) is 0 Å². The minimum absolute atomic E-state index is 0.236. The fourth-order valence-corrected chi connectivity index (χ4v) is 2.23. The van der Waals surface area contributed by atoms with Gasteiger partial charge in [-0.25, -0.2) is 4.39 Å². The van der Waals surface area contributed by atoms with Crippen LogP contribution in [-0.4, -0.2) is 19.0 Å². The molecule has 1 aliphatic heterocycles. The number of halogens is 1. The number of carbonyl (C=O) groups is 1. The highest BCUT2D eigenvalue weighted by Crippen LogP contribution is 2.28. The predicted octanol–water partition coefficient (Wildman–Crippen LogP) is 1.39. The van der Waals surface area contributed by atoms with Gasteiger partial charge in [-0.1, -0.05) is 0 Å². The predicted molar refractivity (Wildman–Crippen MR) is 59.8 cm³/mol. The standard InChI is InChI=1S/C12H15FN2O/c13-9-1-2-10(12(14)16)11(7-9)8-3-5-15-6-4-8/h1-2,7-8,15H,3-6H2,(H2,14,16). The maximum absolute atomic E-state index is 13.2. The molecule has 16 heavy (non-hydrogen) atoms. The summed E-state index contributed by atoms with van der Waals surface area (Å²) in [5.41, 5.74) is 6.50. The Hall–Kier alpha value is -1.42. The molecule has 0 aliphatic carbocycles. The van der Waals surface area contributed by atoms with Crippen molar-refractivity contribution in [2.24, 2.45) is 5.73 Å². The van der Waals surface area contributed by atoms with Crippen molar-refractivity contribution in [1.29, 1.82) is 0 Å². The van der Waals surface area contributed by atoms with E-state index >= 15 is 0 Å². The van der Waals surface area contributed by atoms with Crippen LogP contribution in [0.4, 0.5) is 4.39 Å². The number of primary amides is 1. The first-order chi connectivity index (χ1) is 7.68. The lowest BCUT2D eigenvalue weighted by Gasteiger charge is -2.24. The lowest BCUT2D eigenvalue weighted by molar-refractivity contribution is 0.0998. The molecule has 1 aromatic carbocycles. The van der Waals surface area contributed by atoms with Crippen LogP contribution < -0.4 is 11.1 Å². The number of benzene rings is 1. The maximum atomic E-state index is 13.2. The maximum Gasteiger partial charge on any atom is 0.248 e. The van der Waals surface area contributed by atoms with Crippen LogP contribution in [0.5, 0.6) is 0 Å². The first-order valence-electron chi connectivity index (χ1n) is 5.48. The number of rotatable bonds is 2. The first-order valence-corrected chi connectivity index (χ1v) is 5.48. The summed E-state index contributed by atoms with van der Waals surface area (Å²) in [4.78, 5) is 11.3. The van der Waals surface area contributed by atoms with Crippen LogP contribution in [0.1, 0.15) is 34.7 Å². The molecule has 86 valence electrons. The number of carbonyl (C=O) groups excluding carboxylic acids is 1. The van der Waals surface area contributed by atoms with Gasteiger partial charge in [0.05, 0.1) is 0 Å². The molecule has 0 bridgehead atoms. The number of hydrogen-bond acceptors (Lipinski definition) is 2. The molecule has 1 fully saturated rings. The van der Waals surface area contributed by atoms with Crippen molar-refractivity contribution in [2.45, 2.75) is 18.8 Å². The fraction of sp³-hybridized carbons (Fsp3) is 0.417. The Morgan fingerprint density at radius 2 is 2.06 bits per heavy atom. The molecule has 1 aliphatic rings. The van der Waals surface area contributed by atoms with Crippen molar-refractivity contribution in [3.63, 3.8) is 0 Å². The Morgan fingerprint density at radius 3 is 2.69 bits per heavy atom. The van der Waals surface area contributed by atoms with Crippen LogP contribution in [0.25, 0.3) is 0 Å². The molecular formula is C12H15FN2O. The van der Waals surface area contributed by atoms with E-state index in [2.05, 4.69) is 5.32 Å². The highest BCUT2D eigenvalue weighted by atomic mass is 19.1. The van der Waals surface area contributed by atoms with E-state index in [0.717, 1.165) is 31.5 Å². The van der Waals surface area contributed by atoms with Crippen molar-refractivity contribution in [1.82, 2.24) is 5.32 Å². The fourth-order valence-electron chi connectivity index (χ4n) is 2.23. The van der Waals surface area contributed by atoms with Crippen LogP contribution in [0.15, 0.2) is 18.2 Å². The number of hydrogen-bond donors (Lipinski definition) is 2. The quantitative estimate of drug-likeness (QED) is 0.794. The Morgan fingerprint density at radius 1 is 1.38 bits per heavy atom. The van der Waals surface area contributed by atoms with Crippen molar-refractivity contribution in [2.75, 3.05) is 13.1 Å². The lowest BCUT2D eigenvalue weighted by atomic mass is 9.87. The van der Waals surface area contributed by atoms with E-state index in [4.69, 9.17) is 5.73 Å². The molecule has 1 amide bonds. The molecule has 0 atom stereocenters. The number of nitrogens with two attached hydrogens (primary N) is 1. The van der Waals surface area contributed by atoms with Crippen molar-refractivity contribution >= 4 is 5.91 Å². The minimum Gasteiger partial charge on any atom is -0.366 e. The summed E-state index contributed by atoms with van der Waals surface area (Å²) in [7, 11) is 0. The van der Waals surface area contributed by atoms with Gasteiger partial charge in [-0.3, -0.25) is 4.79 Å². The third kappa shape index (κ3) is 2.22. The minimum atomic E-state index is -0.478. The van der Waals surface area contributed by atoms with Crippen molar-refractivity contribution < 1.29 is 9.18 Å². The van der Waals surface area contributed by atoms with Gasteiger partial charge in [0, 0.05) is 5.56 Å². The first kappa shape index (κ1) is 11.1. The summed E-state index contributed by atoms with van der Waals surface area (Å²) in [5, 5.41) is 3.24. The zero-order chi connectivity index (χ0) is 11.5. The van der Waals surface area contributed by atoms with Gasteiger partial charge in [0.15, 0.2) is 0 Å². The van der Waals surface area contributed by atoms with Gasteiger partial charge in [-0.05, 0) is 55.6 Å². The molecule has 3 nitrogen and oxygen atoms in total. The zero-order valence-corrected chi connectivity index (χ0v) is 9.00. The van der Waals surface area contributed by atoms with E-state index in [1.165, 1.54) is 18.2 Å². The SMILES string of the molecule is NC(=O)c1ccc(F)cc1C1CCNCC1. The molecule has 0 saturated carbocycles. The summed E-state index contributed by atoms with van der Waals surface area (Å²) in [6.07, 6.45) is 1.84. The molecule has 2 rings (SSSR count). The van der Waals surface area contributed by atoms with Gasteiger partial charge in [0.1, 0.15) is 5.82 Å².